The molecule has 1 heterocycles. The van der Waals surface area contributed by atoms with Crippen LogP contribution in [0, 0.1) is 11.6 Å². The highest BCUT2D eigenvalue weighted by Gasteiger charge is 2.20. The molecular formula is C29H35F2N3O. The maximum atomic E-state index is 13.5. The van der Waals surface area contributed by atoms with Gasteiger partial charge >= 0.3 is 0 Å². The van der Waals surface area contributed by atoms with E-state index >= 15 is 0 Å². The number of nitrogens with zero attached hydrogens (tertiary/aromatic N) is 2. The first-order valence-corrected chi connectivity index (χ1v) is 12.5. The molecule has 4 nitrogen and oxygen atoms in total. The molecule has 0 saturated carbocycles. The van der Waals surface area contributed by atoms with Gasteiger partial charge in [0.1, 0.15) is 11.6 Å². The van der Waals surface area contributed by atoms with Crippen LogP contribution in [0.5, 0.6) is 0 Å². The number of piperazine rings is 1. The lowest BCUT2D eigenvalue weighted by Crippen LogP contribution is -2.49. The molecule has 3 aromatic rings. The van der Waals surface area contributed by atoms with Crippen LogP contribution in [0.25, 0.3) is 0 Å². The largest absolute Gasteiger partial charge is 0.390 e. The van der Waals surface area contributed by atoms with Gasteiger partial charge in [-0.05, 0) is 66.9 Å². The summed E-state index contributed by atoms with van der Waals surface area (Å²) < 4.78 is 26.9. The molecule has 1 saturated heterocycles. The van der Waals surface area contributed by atoms with Crippen molar-refractivity contribution in [3.8, 4) is 0 Å². The standard InChI is InChI=1S/C29H35F2N3O/c30-25-12-8-23(9-13-25)29(24-10-14-26(31)15-11-24)7-4-16-33-17-19-34(20-18-33)22-28(35)21-32-27-5-2-1-3-6-27/h1-3,5-6,8-15,28-29,32,35H,4,7,16-22H2/t28-/m1/s1. The Morgan fingerprint density at radius 3 is 1.86 bits per heavy atom. The minimum atomic E-state index is -0.408. The van der Waals surface area contributed by atoms with E-state index in [1.54, 1.807) is 0 Å². The van der Waals surface area contributed by atoms with E-state index in [0.29, 0.717) is 13.1 Å². The normalized spacial score (nSPS) is 15.9. The number of para-hydroxylation sites is 1. The number of aliphatic hydroxyl groups is 1. The highest BCUT2D eigenvalue weighted by atomic mass is 19.1. The van der Waals surface area contributed by atoms with Gasteiger partial charge in [0.05, 0.1) is 6.10 Å². The van der Waals surface area contributed by atoms with Crippen molar-refractivity contribution in [2.24, 2.45) is 0 Å². The Kier molecular flexibility index (Phi) is 9.23. The molecule has 0 bridgehead atoms. The highest BCUT2D eigenvalue weighted by molar-refractivity contribution is 5.42. The summed E-state index contributed by atoms with van der Waals surface area (Å²) >= 11 is 0. The number of aliphatic hydroxyl groups excluding tert-OH is 1. The number of hydrogen-bond acceptors (Lipinski definition) is 4. The molecule has 2 N–H and O–H groups in total. The van der Waals surface area contributed by atoms with E-state index in [9.17, 15) is 13.9 Å². The Labute approximate surface area is 207 Å². The highest BCUT2D eigenvalue weighted by Crippen LogP contribution is 2.30. The Morgan fingerprint density at radius 2 is 1.29 bits per heavy atom. The average molecular weight is 480 g/mol. The van der Waals surface area contributed by atoms with Crippen molar-refractivity contribution in [2.45, 2.75) is 24.9 Å². The van der Waals surface area contributed by atoms with Gasteiger partial charge in [-0.15, -0.1) is 0 Å². The predicted molar refractivity (Wildman–Crippen MR) is 138 cm³/mol. The zero-order valence-corrected chi connectivity index (χ0v) is 20.1. The Morgan fingerprint density at radius 1 is 0.743 bits per heavy atom. The predicted octanol–water partition coefficient (Wildman–Crippen LogP) is 4.97. The number of β-amino-alcohol motifs (C(OH)–C–C–N with tert-alkyl or cyclic N) is 1. The minimum Gasteiger partial charge on any atom is -0.390 e. The number of benzene rings is 3. The van der Waals surface area contributed by atoms with Crippen LogP contribution in [0.2, 0.25) is 0 Å². The first-order valence-electron chi connectivity index (χ1n) is 12.5. The summed E-state index contributed by atoms with van der Waals surface area (Å²) in [5.41, 5.74) is 3.14. The van der Waals surface area contributed by atoms with Gasteiger partial charge < -0.3 is 15.3 Å². The SMILES string of the molecule is O[C@H](CNc1ccccc1)CN1CCN(CCCC(c2ccc(F)cc2)c2ccc(F)cc2)CC1. The maximum Gasteiger partial charge on any atom is 0.123 e. The zero-order valence-electron chi connectivity index (χ0n) is 20.1. The van der Waals surface area contributed by atoms with E-state index in [-0.39, 0.29) is 17.6 Å². The summed E-state index contributed by atoms with van der Waals surface area (Å²) in [5, 5.41) is 13.7. The van der Waals surface area contributed by atoms with Gasteiger partial charge in [0.15, 0.2) is 0 Å². The van der Waals surface area contributed by atoms with E-state index in [4.69, 9.17) is 0 Å². The van der Waals surface area contributed by atoms with Gasteiger partial charge in [-0.3, -0.25) is 4.90 Å². The Balaban J connectivity index is 1.21. The van der Waals surface area contributed by atoms with Crippen molar-refractivity contribution in [1.29, 1.82) is 0 Å². The molecule has 4 rings (SSSR count). The molecule has 1 fully saturated rings. The van der Waals surface area contributed by atoms with E-state index in [1.807, 2.05) is 54.6 Å². The Bertz CT molecular complexity index is 961. The second-order valence-corrected chi connectivity index (χ2v) is 9.34. The van der Waals surface area contributed by atoms with Crippen molar-refractivity contribution in [3.63, 3.8) is 0 Å². The van der Waals surface area contributed by atoms with Crippen LogP contribution in [0.1, 0.15) is 29.9 Å². The molecule has 0 aliphatic carbocycles. The van der Waals surface area contributed by atoms with E-state index < -0.39 is 6.10 Å². The van der Waals surface area contributed by atoms with Gasteiger partial charge in [0.2, 0.25) is 0 Å². The average Bonchev–Trinajstić information content (AvgIpc) is 2.88. The lowest BCUT2D eigenvalue weighted by molar-refractivity contribution is 0.0776. The van der Waals surface area contributed by atoms with E-state index in [0.717, 1.165) is 62.4 Å². The first-order chi connectivity index (χ1) is 17.1. The first kappa shape index (κ1) is 25.3. The van der Waals surface area contributed by atoms with Crippen LogP contribution in [0.15, 0.2) is 78.9 Å². The van der Waals surface area contributed by atoms with E-state index in [1.165, 1.54) is 24.3 Å². The molecule has 6 heteroatoms. The fourth-order valence-corrected chi connectivity index (χ4v) is 4.78. The van der Waals surface area contributed by atoms with Gasteiger partial charge in [-0.25, -0.2) is 8.78 Å². The molecule has 3 aromatic carbocycles. The fourth-order valence-electron chi connectivity index (χ4n) is 4.78. The molecular weight excluding hydrogens is 444 g/mol. The lowest BCUT2D eigenvalue weighted by atomic mass is 9.87. The molecule has 0 amide bonds. The van der Waals surface area contributed by atoms with Crippen LogP contribution in [0.3, 0.4) is 0 Å². The zero-order chi connectivity index (χ0) is 24.5. The molecule has 0 unspecified atom stereocenters. The molecule has 35 heavy (non-hydrogen) atoms. The van der Waals surface area contributed by atoms with Crippen LogP contribution < -0.4 is 5.32 Å². The second-order valence-electron chi connectivity index (χ2n) is 9.34. The quantitative estimate of drug-likeness (QED) is 0.408. The monoisotopic (exact) mass is 479 g/mol. The second kappa shape index (κ2) is 12.8. The van der Waals surface area contributed by atoms with Crippen molar-refractivity contribution < 1.29 is 13.9 Å². The number of anilines is 1. The Hall–Kier alpha value is -2.80. The van der Waals surface area contributed by atoms with Crippen molar-refractivity contribution >= 4 is 5.69 Å². The summed E-state index contributed by atoms with van der Waals surface area (Å²) in [6.45, 7) is 6.06. The lowest BCUT2D eigenvalue weighted by Gasteiger charge is -2.36. The summed E-state index contributed by atoms with van der Waals surface area (Å²) in [5.74, 6) is -0.374. The van der Waals surface area contributed by atoms with Gasteiger partial charge in [-0.1, -0.05) is 42.5 Å². The van der Waals surface area contributed by atoms with Crippen molar-refractivity contribution in [3.05, 3.63) is 102 Å². The van der Waals surface area contributed by atoms with Crippen LogP contribution >= 0.6 is 0 Å². The maximum absolute atomic E-state index is 13.5. The third-order valence-corrected chi connectivity index (χ3v) is 6.76. The van der Waals surface area contributed by atoms with Gasteiger partial charge in [0.25, 0.3) is 0 Å². The third-order valence-electron chi connectivity index (χ3n) is 6.76. The van der Waals surface area contributed by atoms with Crippen LogP contribution in [-0.2, 0) is 0 Å². The number of halogens is 2. The summed E-state index contributed by atoms with van der Waals surface area (Å²) in [4.78, 5) is 4.80. The number of rotatable bonds is 11. The summed E-state index contributed by atoms with van der Waals surface area (Å²) in [6, 6.07) is 23.3. The molecule has 0 spiro atoms. The minimum absolute atomic E-state index is 0.116. The molecule has 0 aromatic heterocycles. The molecule has 1 atom stereocenters. The van der Waals surface area contributed by atoms with Gasteiger partial charge in [-0.2, -0.15) is 0 Å². The van der Waals surface area contributed by atoms with Crippen molar-refractivity contribution in [2.75, 3.05) is 51.1 Å². The number of hydrogen-bond donors (Lipinski definition) is 2. The van der Waals surface area contributed by atoms with Gasteiger partial charge in [0, 0.05) is 50.9 Å². The van der Waals surface area contributed by atoms with Crippen LogP contribution in [0.4, 0.5) is 14.5 Å². The topological polar surface area (TPSA) is 38.7 Å². The smallest absolute Gasteiger partial charge is 0.123 e. The van der Waals surface area contributed by atoms with Crippen molar-refractivity contribution in [1.82, 2.24) is 9.80 Å². The third kappa shape index (κ3) is 7.85. The molecule has 1 aliphatic rings. The summed E-state index contributed by atoms with van der Waals surface area (Å²) in [7, 11) is 0. The molecule has 1 aliphatic heterocycles. The molecule has 0 radical (unpaired) electrons. The van der Waals surface area contributed by atoms with E-state index in [2.05, 4.69) is 15.1 Å². The van der Waals surface area contributed by atoms with Crippen LogP contribution in [-0.4, -0.2) is 66.8 Å². The number of nitrogens with one attached hydrogen (secondary N) is 1. The molecule has 186 valence electrons. The summed E-state index contributed by atoms with van der Waals surface area (Å²) in [6.07, 6.45) is 1.51. The fraction of sp³-hybridized carbons (Fsp3) is 0.379.